The van der Waals surface area contributed by atoms with Gasteiger partial charge in [0.25, 0.3) is 5.91 Å². The van der Waals surface area contributed by atoms with Crippen LogP contribution in [0.1, 0.15) is 20.8 Å². The van der Waals surface area contributed by atoms with Gasteiger partial charge in [0.15, 0.2) is 0 Å². The van der Waals surface area contributed by atoms with Crippen LogP contribution in [0.15, 0.2) is 18.2 Å². The van der Waals surface area contributed by atoms with Gasteiger partial charge in [-0.3, -0.25) is 4.79 Å². The van der Waals surface area contributed by atoms with Crippen LogP contribution in [0.3, 0.4) is 0 Å². The van der Waals surface area contributed by atoms with Crippen molar-refractivity contribution in [1.82, 2.24) is 0 Å². The average molecular weight is 392 g/mol. The topological polar surface area (TPSA) is 99.6 Å². The molecule has 0 aliphatic carbocycles. The summed E-state index contributed by atoms with van der Waals surface area (Å²) in [6, 6.07) is 7.67. The Morgan fingerprint density at radius 3 is 2.96 bits per heavy atom. The summed E-state index contributed by atoms with van der Waals surface area (Å²) in [6.07, 6.45) is -0.333. The molecule has 136 valence electrons. The Hall–Kier alpha value is -2.11. The van der Waals surface area contributed by atoms with Crippen LogP contribution in [0.4, 0.5) is 5.00 Å². The van der Waals surface area contributed by atoms with Crippen molar-refractivity contribution in [2.45, 2.75) is 13.0 Å². The summed E-state index contributed by atoms with van der Waals surface area (Å²) in [5.41, 5.74) is 8.01. The molecule has 1 amide bonds. The molecule has 1 aromatic carbocycles. The Bertz CT molecular complexity index is 891. The molecule has 0 spiro atoms. The molecule has 6 nitrogen and oxygen atoms in total. The van der Waals surface area contributed by atoms with E-state index in [1.165, 1.54) is 11.3 Å². The number of carbonyl (C=O) groups excluding carboxylic acids is 1. The molecule has 1 fully saturated rings. The number of aliphatic hydroxyl groups excluding tert-OH is 1. The number of thiophene rings is 1. The van der Waals surface area contributed by atoms with Crippen LogP contribution in [-0.2, 0) is 4.74 Å². The SMILES string of the molecule is Cc1ccc(-c2c(C(N)=O)sc(N3CCOC(CO)C3)c2C#N)c(Cl)c1. The number of primary amides is 1. The van der Waals surface area contributed by atoms with E-state index in [4.69, 9.17) is 22.1 Å². The first-order valence-electron chi connectivity index (χ1n) is 8.06. The zero-order valence-corrected chi connectivity index (χ0v) is 15.7. The van der Waals surface area contributed by atoms with Gasteiger partial charge in [-0.25, -0.2) is 0 Å². The van der Waals surface area contributed by atoms with Crippen LogP contribution in [0.2, 0.25) is 5.02 Å². The molecular formula is C18H18ClN3O3S. The van der Waals surface area contributed by atoms with Crippen molar-refractivity contribution in [3.8, 4) is 17.2 Å². The van der Waals surface area contributed by atoms with Gasteiger partial charge in [0.05, 0.1) is 24.9 Å². The van der Waals surface area contributed by atoms with Gasteiger partial charge in [0.1, 0.15) is 15.9 Å². The third-order valence-corrected chi connectivity index (χ3v) is 5.83. The summed E-state index contributed by atoms with van der Waals surface area (Å²) in [7, 11) is 0. The van der Waals surface area contributed by atoms with Crippen molar-refractivity contribution in [1.29, 1.82) is 5.26 Å². The molecule has 0 bridgehead atoms. The number of benzene rings is 1. The number of hydrogen-bond acceptors (Lipinski definition) is 6. The van der Waals surface area contributed by atoms with Crippen molar-refractivity contribution in [2.75, 3.05) is 31.2 Å². The summed E-state index contributed by atoms with van der Waals surface area (Å²) in [5, 5.41) is 20.3. The molecule has 0 radical (unpaired) electrons. The lowest BCUT2D eigenvalue weighted by Gasteiger charge is -2.32. The van der Waals surface area contributed by atoms with E-state index in [9.17, 15) is 15.2 Å². The second-order valence-electron chi connectivity index (χ2n) is 6.07. The highest BCUT2D eigenvalue weighted by Gasteiger charge is 2.29. The van der Waals surface area contributed by atoms with Crippen molar-refractivity contribution >= 4 is 33.8 Å². The van der Waals surface area contributed by atoms with Crippen molar-refractivity contribution in [3.63, 3.8) is 0 Å². The van der Waals surface area contributed by atoms with Gasteiger partial charge < -0.3 is 20.5 Å². The van der Waals surface area contributed by atoms with Crippen molar-refractivity contribution in [2.24, 2.45) is 5.73 Å². The number of anilines is 1. The molecule has 0 saturated carbocycles. The van der Waals surface area contributed by atoms with E-state index in [0.717, 1.165) is 5.56 Å². The molecule has 1 saturated heterocycles. The predicted octanol–water partition coefficient (Wildman–Crippen LogP) is 2.55. The minimum atomic E-state index is -0.601. The monoisotopic (exact) mass is 391 g/mol. The highest BCUT2D eigenvalue weighted by Crippen LogP contribution is 2.44. The van der Waals surface area contributed by atoms with Gasteiger partial charge in [-0.2, -0.15) is 5.26 Å². The van der Waals surface area contributed by atoms with Crippen LogP contribution in [0, 0.1) is 18.3 Å². The molecule has 8 heteroatoms. The largest absolute Gasteiger partial charge is 0.394 e. The third-order valence-electron chi connectivity index (χ3n) is 4.25. The fourth-order valence-corrected chi connectivity index (χ4v) is 4.50. The molecule has 3 N–H and O–H groups in total. The summed E-state index contributed by atoms with van der Waals surface area (Å²) >= 11 is 7.57. The Kier molecular flexibility index (Phi) is 5.49. The number of nitrogens with zero attached hydrogens (tertiary/aromatic N) is 2. The van der Waals surface area contributed by atoms with E-state index < -0.39 is 5.91 Å². The Morgan fingerprint density at radius 2 is 2.35 bits per heavy atom. The van der Waals surface area contributed by atoms with E-state index in [1.54, 1.807) is 12.1 Å². The van der Waals surface area contributed by atoms with E-state index in [2.05, 4.69) is 6.07 Å². The fraction of sp³-hybridized carbons (Fsp3) is 0.333. The average Bonchev–Trinajstić information content (AvgIpc) is 3.01. The van der Waals surface area contributed by atoms with Gasteiger partial charge in [-0.05, 0) is 18.6 Å². The van der Waals surface area contributed by atoms with E-state index in [-0.39, 0.29) is 12.7 Å². The zero-order valence-electron chi connectivity index (χ0n) is 14.2. The number of carbonyl (C=O) groups is 1. The minimum absolute atomic E-state index is 0.108. The number of aryl methyl sites for hydroxylation is 1. The van der Waals surface area contributed by atoms with Crippen LogP contribution >= 0.6 is 22.9 Å². The first-order valence-corrected chi connectivity index (χ1v) is 9.26. The number of nitrogens with two attached hydrogens (primary N) is 1. The number of aliphatic hydroxyl groups is 1. The van der Waals surface area contributed by atoms with Gasteiger partial charge in [-0.15, -0.1) is 11.3 Å². The Balaban J connectivity index is 2.17. The first kappa shape index (κ1) is 18.7. The summed E-state index contributed by atoms with van der Waals surface area (Å²) < 4.78 is 5.47. The Morgan fingerprint density at radius 1 is 1.58 bits per heavy atom. The Labute approximate surface area is 160 Å². The lowest BCUT2D eigenvalue weighted by molar-refractivity contribution is 0.00373. The number of rotatable bonds is 4. The van der Waals surface area contributed by atoms with Gasteiger partial charge >= 0.3 is 0 Å². The van der Waals surface area contributed by atoms with E-state index >= 15 is 0 Å². The summed E-state index contributed by atoms with van der Waals surface area (Å²) in [6.45, 7) is 3.23. The zero-order chi connectivity index (χ0) is 18.8. The molecule has 1 aliphatic heterocycles. The second kappa shape index (κ2) is 7.64. The lowest BCUT2D eigenvalue weighted by atomic mass is 10.00. The third kappa shape index (κ3) is 3.41. The number of morpholine rings is 1. The maximum absolute atomic E-state index is 12.1. The molecule has 26 heavy (non-hydrogen) atoms. The van der Waals surface area contributed by atoms with Gasteiger partial charge in [0.2, 0.25) is 0 Å². The van der Waals surface area contributed by atoms with E-state index in [1.807, 2.05) is 17.9 Å². The quantitative estimate of drug-likeness (QED) is 0.834. The van der Waals surface area contributed by atoms with Crippen LogP contribution in [0.5, 0.6) is 0 Å². The molecule has 1 unspecified atom stereocenters. The molecule has 1 aromatic heterocycles. The van der Waals surface area contributed by atoms with Crippen LogP contribution in [-0.4, -0.2) is 43.4 Å². The second-order valence-corrected chi connectivity index (χ2v) is 7.47. The first-order chi connectivity index (χ1) is 12.5. The lowest BCUT2D eigenvalue weighted by Crippen LogP contribution is -2.44. The highest BCUT2D eigenvalue weighted by atomic mass is 35.5. The number of halogens is 1. The van der Waals surface area contributed by atoms with E-state index in [0.29, 0.717) is 51.3 Å². The van der Waals surface area contributed by atoms with Gasteiger partial charge in [-0.1, -0.05) is 23.7 Å². The van der Waals surface area contributed by atoms with Crippen LogP contribution in [0.25, 0.3) is 11.1 Å². The molecule has 1 aliphatic rings. The summed E-state index contributed by atoms with van der Waals surface area (Å²) in [5.74, 6) is -0.601. The predicted molar refractivity (Wildman–Crippen MR) is 102 cm³/mol. The number of nitriles is 1. The van der Waals surface area contributed by atoms with Crippen molar-refractivity contribution < 1.29 is 14.6 Å². The fourth-order valence-electron chi connectivity index (χ4n) is 3.01. The summed E-state index contributed by atoms with van der Waals surface area (Å²) in [4.78, 5) is 14.3. The molecule has 1 atom stereocenters. The minimum Gasteiger partial charge on any atom is -0.394 e. The number of amides is 1. The smallest absolute Gasteiger partial charge is 0.259 e. The molecular weight excluding hydrogens is 374 g/mol. The highest BCUT2D eigenvalue weighted by molar-refractivity contribution is 7.18. The molecule has 3 rings (SSSR count). The van der Waals surface area contributed by atoms with Crippen molar-refractivity contribution in [3.05, 3.63) is 39.2 Å². The maximum atomic E-state index is 12.1. The number of ether oxygens (including phenoxy) is 1. The van der Waals surface area contributed by atoms with Crippen LogP contribution < -0.4 is 10.6 Å². The molecule has 2 heterocycles. The standard InChI is InChI=1S/C18H18ClN3O3S/c1-10-2-3-12(14(19)6-10)15-13(7-20)18(26-16(15)17(21)24)22-4-5-25-11(8-22)9-23/h2-3,6,11,23H,4-5,8-9H2,1H3,(H2,21,24). The normalized spacial score (nSPS) is 17.2. The number of hydrogen-bond donors (Lipinski definition) is 2. The van der Waals surface area contributed by atoms with Gasteiger partial charge in [0, 0.05) is 29.2 Å². The maximum Gasteiger partial charge on any atom is 0.259 e. The molecule has 2 aromatic rings.